The third-order valence-corrected chi connectivity index (χ3v) is 7.71. The molecule has 2 aliphatic heterocycles. The molecule has 36 heavy (non-hydrogen) atoms. The summed E-state index contributed by atoms with van der Waals surface area (Å²) in [6.45, 7) is 12.3. The Kier molecular flexibility index (Phi) is 7.25. The van der Waals surface area contributed by atoms with Gasteiger partial charge in [0.05, 0.1) is 19.3 Å². The predicted octanol–water partition coefficient (Wildman–Crippen LogP) is 4.71. The second-order valence-corrected chi connectivity index (χ2v) is 10.5. The molecule has 0 bridgehead atoms. The molecule has 0 radical (unpaired) electrons. The first-order chi connectivity index (χ1) is 17.4. The molecular weight excluding hydrogens is 452 g/mol. The topological polar surface area (TPSA) is 86.6 Å². The Morgan fingerprint density at radius 1 is 1.08 bits per heavy atom. The number of benzene rings is 1. The van der Waals surface area contributed by atoms with Gasteiger partial charge in [-0.2, -0.15) is 4.98 Å². The van der Waals surface area contributed by atoms with Gasteiger partial charge in [0.1, 0.15) is 11.6 Å². The molecule has 0 amide bonds. The van der Waals surface area contributed by atoms with E-state index in [1.165, 1.54) is 22.0 Å². The number of aliphatic hydroxyl groups excluding tert-OH is 1. The Balaban J connectivity index is 1.36. The number of aliphatic hydroxyl groups is 1. The van der Waals surface area contributed by atoms with Crippen molar-refractivity contribution >= 4 is 34.0 Å². The Hall–Kier alpha value is -2.97. The van der Waals surface area contributed by atoms with E-state index in [0.29, 0.717) is 30.4 Å². The zero-order valence-electron chi connectivity index (χ0n) is 21.8. The van der Waals surface area contributed by atoms with Crippen LogP contribution in [-0.4, -0.2) is 65.1 Å². The molecule has 2 saturated heterocycles. The highest BCUT2D eigenvalue weighted by Crippen LogP contribution is 2.39. The Labute approximate surface area is 213 Å². The van der Waals surface area contributed by atoms with Crippen molar-refractivity contribution in [1.82, 2.24) is 15.0 Å². The van der Waals surface area contributed by atoms with Crippen LogP contribution in [-0.2, 0) is 4.74 Å². The number of piperidine rings is 1. The highest BCUT2D eigenvalue weighted by Gasteiger charge is 2.33. The molecule has 5 rings (SSSR count). The maximum Gasteiger partial charge on any atom is 0.227 e. The maximum absolute atomic E-state index is 8.98. The minimum absolute atomic E-state index is 0.0659. The summed E-state index contributed by atoms with van der Waals surface area (Å²) in [5, 5.41) is 14.8. The van der Waals surface area contributed by atoms with Crippen molar-refractivity contribution in [3.8, 4) is 0 Å². The lowest BCUT2D eigenvalue weighted by Gasteiger charge is -2.47. The number of rotatable bonds is 8. The maximum atomic E-state index is 8.98. The highest BCUT2D eigenvalue weighted by atomic mass is 16.5. The lowest BCUT2D eigenvalue weighted by atomic mass is 9.89. The number of fused-ring (bicyclic) bond motifs is 1. The molecule has 192 valence electrons. The summed E-state index contributed by atoms with van der Waals surface area (Å²) in [5.41, 5.74) is 2.60. The van der Waals surface area contributed by atoms with Gasteiger partial charge in [0.25, 0.3) is 0 Å². The summed E-state index contributed by atoms with van der Waals surface area (Å²) < 4.78 is 5.68. The summed E-state index contributed by atoms with van der Waals surface area (Å²) in [4.78, 5) is 18.7. The van der Waals surface area contributed by atoms with Gasteiger partial charge in [-0.1, -0.05) is 26.8 Å². The number of nitrogens with one attached hydrogen (secondary N) is 1. The fourth-order valence-corrected chi connectivity index (χ4v) is 5.33. The first kappa shape index (κ1) is 24.7. The van der Waals surface area contributed by atoms with E-state index in [9.17, 15) is 0 Å². The van der Waals surface area contributed by atoms with Crippen LogP contribution in [0.15, 0.2) is 36.7 Å². The number of hydrogen-bond acceptors (Lipinski definition) is 8. The minimum atomic E-state index is 0.0659. The van der Waals surface area contributed by atoms with Crippen molar-refractivity contribution in [3.63, 3.8) is 0 Å². The largest absolute Gasteiger partial charge is 0.394 e. The molecule has 0 saturated carbocycles. The van der Waals surface area contributed by atoms with Crippen LogP contribution in [0.3, 0.4) is 0 Å². The van der Waals surface area contributed by atoms with E-state index in [0.717, 1.165) is 44.1 Å². The van der Waals surface area contributed by atoms with Crippen molar-refractivity contribution in [2.24, 2.45) is 5.92 Å². The fraction of sp³-hybridized carbons (Fsp3) is 0.536. The summed E-state index contributed by atoms with van der Waals surface area (Å²) in [6, 6.07) is 9.13. The molecule has 2 atom stereocenters. The molecule has 2 fully saturated rings. The lowest BCUT2D eigenvalue weighted by molar-refractivity contribution is 0.0157. The van der Waals surface area contributed by atoms with E-state index in [1.54, 1.807) is 6.20 Å². The molecule has 0 spiro atoms. The summed E-state index contributed by atoms with van der Waals surface area (Å²) in [6.07, 6.45) is 5.81. The molecule has 2 N–H and O–H groups in total. The van der Waals surface area contributed by atoms with Gasteiger partial charge in [0, 0.05) is 49.1 Å². The van der Waals surface area contributed by atoms with Crippen molar-refractivity contribution in [3.05, 3.63) is 42.2 Å². The van der Waals surface area contributed by atoms with Crippen molar-refractivity contribution in [2.75, 3.05) is 48.0 Å². The van der Waals surface area contributed by atoms with Crippen LogP contribution >= 0.6 is 0 Å². The number of aromatic nitrogens is 3. The van der Waals surface area contributed by atoms with Gasteiger partial charge >= 0.3 is 0 Å². The van der Waals surface area contributed by atoms with Gasteiger partial charge in [-0.25, -0.2) is 9.97 Å². The van der Waals surface area contributed by atoms with E-state index < -0.39 is 0 Å². The zero-order chi connectivity index (χ0) is 25.2. The Morgan fingerprint density at radius 2 is 1.89 bits per heavy atom. The molecule has 8 heteroatoms. The fourth-order valence-electron chi connectivity index (χ4n) is 5.33. The quantitative estimate of drug-likeness (QED) is 0.469. The standard InChI is InChI=1S/C28H38N6O2/c1-18(2)22-5-6-25(34-17-19(3)20(34)4)24-16-30-27(15-23(22)24)31-26-7-10-29-28(32-26)33-11-8-21(9-12-33)36-14-13-35/h5-7,10,15-16,18-21,35H,8-9,11-14,17H2,1-4H3,(H,29,30,31,32)/t19-,20?/m0/s1. The number of nitrogens with zero attached hydrogens (tertiary/aromatic N) is 5. The van der Waals surface area contributed by atoms with Crippen molar-refractivity contribution in [1.29, 1.82) is 0 Å². The van der Waals surface area contributed by atoms with E-state index in [4.69, 9.17) is 19.8 Å². The minimum Gasteiger partial charge on any atom is -0.394 e. The molecule has 1 unspecified atom stereocenters. The molecule has 0 aliphatic carbocycles. The Morgan fingerprint density at radius 3 is 2.58 bits per heavy atom. The van der Waals surface area contributed by atoms with Crippen molar-refractivity contribution < 1.29 is 9.84 Å². The summed E-state index contributed by atoms with van der Waals surface area (Å²) >= 11 is 0. The van der Waals surface area contributed by atoms with Crippen LogP contribution < -0.4 is 15.1 Å². The van der Waals surface area contributed by atoms with Gasteiger partial charge < -0.3 is 25.0 Å². The third kappa shape index (κ3) is 4.97. The van der Waals surface area contributed by atoms with Gasteiger partial charge in [0.15, 0.2) is 0 Å². The van der Waals surface area contributed by atoms with Crippen molar-refractivity contribution in [2.45, 2.75) is 58.6 Å². The van der Waals surface area contributed by atoms with Gasteiger partial charge in [-0.05, 0) is 60.7 Å². The van der Waals surface area contributed by atoms with E-state index >= 15 is 0 Å². The van der Waals surface area contributed by atoms with E-state index in [-0.39, 0.29) is 12.7 Å². The monoisotopic (exact) mass is 490 g/mol. The third-order valence-electron chi connectivity index (χ3n) is 7.71. The smallest absolute Gasteiger partial charge is 0.227 e. The predicted molar refractivity (Wildman–Crippen MR) is 145 cm³/mol. The number of anilines is 4. The molecule has 3 aromatic rings. The van der Waals surface area contributed by atoms with Crippen LogP contribution in [0.25, 0.3) is 10.8 Å². The van der Waals surface area contributed by atoms with E-state index in [2.05, 4.69) is 66.0 Å². The van der Waals surface area contributed by atoms with Crippen LogP contribution in [0.1, 0.15) is 52.0 Å². The number of hydrogen-bond donors (Lipinski definition) is 2. The van der Waals surface area contributed by atoms with Gasteiger partial charge in [-0.3, -0.25) is 0 Å². The first-order valence-corrected chi connectivity index (χ1v) is 13.2. The summed E-state index contributed by atoms with van der Waals surface area (Å²) in [7, 11) is 0. The summed E-state index contributed by atoms with van der Waals surface area (Å²) in [5.74, 6) is 3.36. The van der Waals surface area contributed by atoms with Crippen LogP contribution in [0.2, 0.25) is 0 Å². The van der Waals surface area contributed by atoms with Gasteiger partial charge in [-0.15, -0.1) is 0 Å². The highest BCUT2D eigenvalue weighted by molar-refractivity contribution is 5.98. The number of ether oxygens (including phenoxy) is 1. The molecule has 2 aromatic heterocycles. The normalized spacial score (nSPS) is 20.7. The lowest BCUT2D eigenvalue weighted by Crippen LogP contribution is -2.53. The second-order valence-electron chi connectivity index (χ2n) is 10.5. The second kappa shape index (κ2) is 10.6. The van der Waals surface area contributed by atoms with Crippen LogP contribution in [0.5, 0.6) is 0 Å². The molecular formula is C28H38N6O2. The first-order valence-electron chi connectivity index (χ1n) is 13.2. The zero-order valence-corrected chi connectivity index (χ0v) is 21.8. The average molecular weight is 491 g/mol. The molecule has 8 nitrogen and oxygen atoms in total. The molecule has 4 heterocycles. The van der Waals surface area contributed by atoms with Crippen LogP contribution in [0, 0.1) is 5.92 Å². The SMILES string of the molecule is CC(C)c1ccc(N2C[C@H](C)C2C)c2cnc(Nc3ccnc(N4CCC(OCCO)CC4)n3)cc12. The molecule has 1 aromatic carbocycles. The molecule has 2 aliphatic rings. The number of pyridine rings is 1. The van der Waals surface area contributed by atoms with E-state index in [1.807, 2.05) is 12.3 Å². The van der Waals surface area contributed by atoms with Gasteiger partial charge in [0.2, 0.25) is 5.95 Å². The Bertz CT molecular complexity index is 1190. The average Bonchev–Trinajstić information content (AvgIpc) is 2.90. The van der Waals surface area contributed by atoms with Crippen LogP contribution in [0.4, 0.5) is 23.3 Å².